The lowest BCUT2D eigenvalue weighted by molar-refractivity contribution is -0.326. The Morgan fingerprint density at radius 1 is 1.16 bits per heavy atom. The number of rotatable bonds is 3. The summed E-state index contributed by atoms with van der Waals surface area (Å²) in [6.45, 7) is 11.2. The molecule has 0 radical (unpaired) electrons. The summed E-state index contributed by atoms with van der Waals surface area (Å²) < 4.78 is 12.3. The molecule has 0 bridgehead atoms. The molecule has 112 valence electrons. The molecule has 2 saturated heterocycles. The molecular formula is C15H29NO3. The number of hydroxylamine groups is 2. The second-order valence-corrected chi connectivity index (χ2v) is 6.78. The lowest BCUT2D eigenvalue weighted by Crippen LogP contribution is -2.66. The third kappa shape index (κ3) is 2.44. The predicted molar refractivity (Wildman–Crippen MR) is 74.1 cm³/mol. The van der Waals surface area contributed by atoms with Crippen LogP contribution in [0.5, 0.6) is 0 Å². The fourth-order valence-corrected chi connectivity index (χ4v) is 3.82. The molecule has 2 heterocycles. The summed E-state index contributed by atoms with van der Waals surface area (Å²) in [4.78, 5) is 0. The molecule has 0 saturated carbocycles. The first-order chi connectivity index (χ1) is 8.83. The summed E-state index contributed by atoms with van der Waals surface area (Å²) >= 11 is 0. The van der Waals surface area contributed by atoms with Crippen molar-refractivity contribution in [1.82, 2.24) is 5.06 Å². The van der Waals surface area contributed by atoms with E-state index in [4.69, 9.17) is 9.47 Å². The zero-order valence-electron chi connectivity index (χ0n) is 13.0. The highest BCUT2D eigenvalue weighted by Gasteiger charge is 2.58. The van der Waals surface area contributed by atoms with Crippen LogP contribution in [-0.2, 0) is 9.47 Å². The van der Waals surface area contributed by atoms with E-state index in [1.54, 1.807) is 5.06 Å². The molecular weight excluding hydrogens is 242 g/mol. The molecule has 0 aromatic carbocycles. The third-order valence-electron chi connectivity index (χ3n) is 5.01. The second kappa shape index (κ2) is 4.99. The predicted octanol–water partition coefficient (Wildman–Crippen LogP) is 3.33. The average molecular weight is 271 g/mol. The van der Waals surface area contributed by atoms with Crippen LogP contribution in [-0.4, -0.2) is 39.8 Å². The number of ether oxygens (including phenoxy) is 2. The van der Waals surface area contributed by atoms with Gasteiger partial charge in [-0.1, -0.05) is 20.8 Å². The SMILES string of the molecule is CCC1COC2(CC(C)(C)N(O)C(CC)(CC)C2)O1. The normalized spacial score (nSPS) is 37.9. The van der Waals surface area contributed by atoms with Gasteiger partial charge in [0.1, 0.15) is 0 Å². The lowest BCUT2D eigenvalue weighted by Gasteiger charge is -2.56. The molecule has 0 aromatic rings. The molecule has 2 unspecified atom stereocenters. The first kappa shape index (κ1) is 15.2. The molecule has 2 atom stereocenters. The first-order valence-electron chi connectivity index (χ1n) is 7.64. The van der Waals surface area contributed by atoms with Gasteiger partial charge in [0, 0.05) is 18.4 Å². The Kier molecular flexibility index (Phi) is 4.00. The topological polar surface area (TPSA) is 41.9 Å². The van der Waals surface area contributed by atoms with E-state index in [-0.39, 0.29) is 17.2 Å². The molecule has 1 spiro atoms. The van der Waals surface area contributed by atoms with E-state index in [9.17, 15) is 5.21 Å². The van der Waals surface area contributed by atoms with E-state index in [1.165, 1.54) is 0 Å². The van der Waals surface area contributed by atoms with Gasteiger partial charge in [0.15, 0.2) is 5.79 Å². The standard InChI is InChI=1S/C15H29NO3/c1-6-12-9-18-15(19-12)10-13(4,5)16(17)14(7-2,8-3)11-15/h12,17H,6-11H2,1-5H3. The molecule has 0 aliphatic carbocycles. The van der Waals surface area contributed by atoms with Gasteiger partial charge < -0.3 is 14.7 Å². The van der Waals surface area contributed by atoms with Gasteiger partial charge in [-0.3, -0.25) is 0 Å². The maximum absolute atomic E-state index is 10.6. The van der Waals surface area contributed by atoms with Crippen LogP contribution in [0.15, 0.2) is 0 Å². The second-order valence-electron chi connectivity index (χ2n) is 6.78. The quantitative estimate of drug-likeness (QED) is 0.855. The highest BCUT2D eigenvalue weighted by molar-refractivity contribution is 5.05. The summed E-state index contributed by atoms with van der Waals surface area (Å²) in [5, 5.41) is 12.2. The van der Waals surface area contributed by atoms with Gasteiger partial charge in [-0.15, -0.1) is 0 Å². The molecule has 1 N–H and O–H groups in total. The van der Waals surface area contributed by atoms with Crippen molar-refractivity contribution in [2.24, 2.45) is 0 Å². The Labute approximate surface area is 117 Å². The van der Waals surface area contributed by atoms with Crippen LogP contribution in [0.25, 0.3) is 0 Å². The minimum Gasteiger partial charge on any atom is -0.347 e. The van der Waals surface area contributed by atoms with Crippen molar-refractivity contribution in [3.63, 3.8) is 0 Å². The van der Waals surface area contributed by atoms with Crippen LogP contribution in [0.2, 0.25) is 0 Å². The van der Waals surface area contributed by atoms with Gasteiger partial charge in [-0.25, -0.2) is 0 Å². The summed E-state index contributed by atoms with van der Waals surface area (Å²) in [7, 11) is 0. The molecule has 2 aliphatic heterocycles. The van der Waals surface area contributed by atoms with Gasteiger partial charge >= 0.3 is 0 Å². The van der Waals surface area contributed by atoms with E-state index in [0.29, 0.717) is 6.61 Å². The van der Waals surface area contributed by atoms with Crippen LogP contribution in [0.3, 0.4) is 0 Å². The van der Waals surface area contributed by atoms with Crippen molar-refractivity contribution in [3.8, 4) is 0 Å². The Morgan fingerprint density at radius 2 is 1.79 bits per heavy atom. The summed E-state index contributed by atoms with van der Waals surface area (Å²) in [5.74, 6) is -0.505. The van der Waals surface area contributed by atoms with Gasteiger partial charge in [0.25, 0.3) is 0 Å². The van der Waals surface area contributed by atoms with Gasteiger partial charge in [0.05, 0.1) is 18.2 Å². The lowest BCUT2D eigenvalue weighted by atomic mass is 9.73. The smallest absolute Gasteiger partial charge is 0.172 e. The van der Waals surface area contributed by atoms with Crippen LogP contribution in [0, 0.1) is 0 Å². The molecule has 2 fully saturated rings. The van der Waals surface area contributed by atoms with Crippen molar-refractivity contribution in [3.05, 3.63) is 0 Å². The van der Waals surface area contributed by atoms with Gasteiger partial charge in [0.2, 0.25) is 0 Å². The van der Waals surface area contributed by atoms with E-state index in [2.05, 4.69) is 34.6 Å². The number of piperidine rings is 1. The van der Waals surface area contributed by atoms with E-state index < -0.39 is 5.79 Å². The Morgan fingerprint density at radius 3 is 2.26 bits per heavy atom. The van der Waals surface area contributed by atoms with Gasteiger partial charge in [-0.2, -0.15) is 5.06 Å². The Hall–Kier alpha value is -0.160. The highest BCUT2D eigenvalue weighted by atomic mass is 16.7. The number of hydrogen-bond donors (Lipinski definition) is 1. The van der Waals surface area contributed by atoms with Crippen LogP contribution in [0.4, 0.5) is 0 Å². The van der Waals surface area contributed by atoms with Crippen molar-refractivity contribution in [2.75, 3.05) is 6.61 Å². The number of hydrogen-bond acceptors (Lipinski definition) is 4. The number of nitrogens with zero attached hydrogens (tertiary/aromatic N) is 1. The zero-order chi connectivity index (χ0) is 14.3. The minimum atomic E-state index is -0.505. The van der Waals surface area contributed by atoms with Crippen molar-refractivity contribution in [1.29, 1.82) is 0 Å². The molecule has 2 aliphatic rings. The highest BCUT2D eigenvalue weighted by Crippen LogP contribution is 2.50. The van der Waals surface area contributed by atoms with E-state index >= 15 is 0 Å². The molecule has 0 amide bonds. The minimum absolute atomic E-state index is 0.201. The molecule has 2 rings (SSSR count). The van der Waals surface area contributed by atoms with Gasteiger partial charge in [-0.05, 0) is 33.1 Å². The maximum Gasteiger partial charge on any atom is 0.172 e. The monoisotopic (exact) mass is 271 g/mol. The van der Waals surface area contributed by atoms with Crippen LogP contribution in [0.1, 0.15) is 66.7 Å². The Balaban J connectivity index is 2.29. The fraction of sp³-hybridized carbons (Fsp3) is 1.00. The van der Waals surface area contributed by atoms with Crippen LogP contribution >= 0.6 is 0 Å². The summed E-state index contributed by atoms with van der Waals surface area (Å²) in [6, 6.07) is 0. The summed E-state index contributed by atoms with van der Waals surface area (Å²) in [5.41, 5.74) is -0.572. The third-order valence-corrected chi connectivity index (χ3v) is 5.01. The molecule has 0 aromatic heterocycles. The molecule has 4 heteroatoms. The maximum atomic E-state index is 10.6. The largest absolute Gasteiger partial charge is 0.347 e. The van der Waals surface area contributed by atoms with Crippen molar-refractivity contribution in [2.45, 2.75) is 89.7 Å². The Bertz CT molecular complexity index is 327. The average Bonchev–Trinajstić information content (AvgIpc) is 2.76. The zero-order valence-corrected chi connectivity index (χ0v) is 13.0. The first-order valence-corrected chi connectivity index (χ1v) is 7.64. The van der Waals surface area contributed by atoms with E-state index in [0.717, 1.165) is 32.1 Å². The van der Waals surface area contributed by atoms with Crippen molar-refractivity contribution >= 4 is 0 Å². The van der Waals surface area contributed by atoms with Crippen molar-refractivity contribution < 1.29 is 14.7 Å². The molecule has 4 nitrogen and oxygen atoms in total. The fourth-order valence-electron chi connectivity index (χ4n) is 3.82. The van der Waals surface area contributed by atoms with E-state index in [1.807, 2.05) is 0 Å². The molecule has 19 heavy (non-hydrogen) atoms. The van der Waals surface area contributed by atoms with Crippen LogP contribution < -0.4 is 0 Å². The summed E-state index contributed by atoms with van der Waals surface area (Å²) in [6.07, 6.45) is 4.45.